The lowest BCUT2D eigenvalue weighted by atomic mass is 9.90. The van der Waals surface area contributed by atoms with E-state index in [9.17, 15) is 14.9 Å². The Kier molecular flexibility index (Phi) is 6.83. The van der Waals surface area contributed by atoms with Crippen molar-refractivity contribution in [2.24, 2.45) is 5.92 Å². The van der Waals surface area contributed by atoms with Gasteiger partial charge in [-0.05, 0) is 51.0 Å². The van der Waals surface area contributed by atoms with Gasteiger partial charge in [-0.25, -0.2) is 4.79 Å². The summed E-state index contributed by atoms with van der Waals surface area (Å²) in [5.41, 5.74) is -2.32. The third-order valence-electron chi connectivity index (χ3n) is 3.80. The Morgan fingerprint density at radius 3 is 2.28 bits per heavy atom. The van der Waals surface area contributed by atoms with E-state index in [-0.39, 0.29) is 5.92 Å². The fourth-order valence-corrected chi connectivity index (χ4v) is 1.90. The highest BCUT2D eigenvalue weighted by Gasteiger charge is 2.34. The predicted molar refractivity (Wildman–Crippen MR) is 94.1 cm³/mol. The maximum Gasteiger partial charge on any atom is 0.350 e. The molecule has 0 aliphatic carbocycles. The molecule has 0 aromatic heterocycles. The molecule has 1 atom stereocenters. The summed E-state index contributed by atoms with van der Waals surface area (Å²) in [5.74, 6) is -0.885. The van der Waals surface area contributed by atoms with Gasteiger partial charge in [0.2, 0.25) is 0 Å². The fraction of sp³-hybridized carbons (Fsp3) is 0.500. The maximum atomic E-state index is 12.2. The molecule has 1 amide bonds. The van der Waals surface area contributed by atoms with Gasteiger partial charge >= 0.3 is 5.97 Å². The van der Waals surface area contributed by atoms with Gasteiger partial charge in [0.25, 0.3) is 5.91 Å². The predicted octanol–water partition coefficient (Wildman–Crippen LogP) is 3.10. The first-order chi connectivity index (χ1) is 11.5. The average Bonchev–Trinajstić information content (AvgIpc) is 2.54. The summed E-state index contributed by atoms with van der Waals surface area (Å²) in [6, 6.07) is 8.59. The van der Waals surface area contributed by atoms with E-state index in [0.717, 1.165) is 0 Å². The zero-order valence-electron chi connectivity index (χ0n) is 15.1. The summed E-state index contributed by atoms with van der Waals surface area (Å²) in [6.45, 7) is 7.84. The molecule has 1 aromatic rings. The van der Waals surface area contributed by atoms with Crippen molar-refractivity contribution in [3.8, 4) is 11.8 Å². The van der Waals surface area contributed by atoms with Gasteiger partial charge in [-0.1, -0.05) is 25.4 Å². The van der Waals surface area contributed by atoms with Gasteiger partial charge in [0.15, 0.2) is 12.2 Å². The molecule has 25 heavy (non-hydrogen) atoms. The second-order valence-corrected chi connectivity index (χ2v) is 7.10. The number of nitrogens with zero attached hydrogens (tertiary/aromatic N) is 1. The molecular weight excluding hydrogens is 344 g/mol. The number of esters is 1. The van der Waals surface area contributed by atoms with Crippen molar-refractivity contribution in [3.63, 3.8) is 0 Å². The molecule has 0 spiro atoms. The first kappa shape index (κ1) is 20.8. The third kappa shape index (κ3) is 5.95. The monoisotopic (exact) mass is 366 g/mol. The molecule has 0 heterocycles. The Labute approximate surface area is 153 Å². The van der Waals surface area contributed by atoms with Crippen molar-refractivity contribution in [1.29, 1.82) is 5.26 Å². The van der Waals surface area contributed by atoms with Crippen LogP contribution in [-0.2, 0) is 14.3 Å². The van der Waals surface area contributed by atoms with Crippen LogP contribution in [-0.4, -0.2) is 29.6 Å². The molecule has 0 aliphatic heterocycles. The van der Waals surface area contributed by atoms with Crippen LogP contribution in [0.1, 0.15) is 34.6 Å². The van der Waals surface area contributed by atoms with Crippen LogP contribution in [0.2, 0.25) is 5.02 Å². The van der Waals surface area contributed by atoms with Crippen molar-refractivity contribution in [2.75, 3.05) is 6.61 Å². The van der Waals surface area contributed by atoms with Crippen molar-refractivity contribution in [3.05, 3.63) is 29.3 Å². The van der Waals surface area contributed by atoms with Crippen molar-refractivity contribution < 1.29 is 19.1 Å². The molecule has 0 radical (unpaired) electrons. The summed E-state index contributed by atoms with van der Waals surface area (Å²) < 4.78 is 10.6. The molecule has 0 fully saturated rings. The smallest absolute Gasteiger partial charge is 0.350 e. The Balaban J connectivity index is 2.61. The topological polar surface area (TPSA) is 88.4 Å². The molecular formula is C18H23ClN2O4. The van der Waals surface area contributed by atoms with Gasteiger partial charge in [0, 0.05) is 5.02 Å². The van der Waals surface area contributed by atoms with Crippen LogP contribution in [0.15, 0.2) is 24.3 Å². The lowest BCUT2D eigenvalue weighted by molar-refractivity contribution is -0.162. The van der Waals surface area contributed by atoms with Crippen LogP contribution in [0.5, 0.6) is 5.75 Å². The SMILES string of the molecule is CC(C)[C@@](C)(C#N)NC(=O)COC(=O)C(C)(C)Oc1ccc(Cl)cc1. The number of ether oxygens (including phenoxy) is 2. The van der Waals surface area contributed by atoms with Crippen LogP contribution in [0.4, 0.5) is 0 Å². The standard InChI is InChI=1S/C18H23ClN2O4/c1-12(2)18(5,11-20)21-15(22)10-24-16(23)17(3,4)25-14-8-6-13(19)7-9-14/h6-9,12H,10H2,1-5H3,(H,21,22)/t18-/m1/s1. The van der Waals surface area contributed by atoms with Crippen LogP contribution >= 0.6 is 11.6 Å². The minimum absolute atomic E-state index is 0.0955. The number of halogens is 1. The number of hydrogen-bond donors (Lipinski definition) is 1. The van der Waals surface area contributed by atoms with Gasteiger partial charge in [-0.3, -0.25) is 4.79 Å². The van der Waals surface area contributed by atoms with Gasteiger partial charge in [-0.15, -0.1) is 0 Å². The zero-order chi connectivity index (χ0) is 19.3. The van der Waals surface area contributed by atoms with Crippen LogP contribution in [0.3, 0.4) is 0 Å². The highest BCUT2D eigenvalue weighted by molar-refractivity contribution is 6.30. The van der Waals surface area contributed by atoms with Crippen LogP contribution in [0.25, 0.3) is 0 Å². The fourth-order valence-electron chi connectivity index (χ4n) is 1.77. The Hall–Kier alpha value is -2.26. The highest BCUT2D eigenvalue weighted by atomic mass is 35.5. The van der Waals surface area contributed by atoms with E-state index in [4.69, 9.17) is 21.1 Å². The first-order valence-electron chi connectivity index (χ1n) is 7.84. The largest absolute Gasteiger partial charge is 0.476 e. The minimum Gasteiger partial charge on any atom is -0.476 e. The number of amides is 1. The lowest BCUT2D eigenvalue weighted by Gasteiger charge is -2.28. The van der Waals surface area contributed by atoms with E-state index < -0.39 is 29.6 Å². The van der Waals surface area contributed by atoms with Gasteiger partial charge in [0.05, 0.1) is 6.07 Å². The Morgan fingerprint density at radius 1 is 1.24 bits per heavy atom. The summed E-state index contributed by atoms with van der Waals surface area (Å²) in [4.78, 5) is 24.1. The second kappa shape index (κ2) is 8.21. The minimum atomic E-state index is -1.29. The van der Waals surface area contributed by atoms with Crippen molar-refractivity contribution in [2.45, 2.75) is 45.8 Å². The van der Waals surface area contributed by atoms with Crippen molar-refractivity contribution in [1.82, 2.24) is 5.32 Å². The summed E-state index contributed by atoms with van der Waals surface area (Å²) in [7, 11) is 0. The Bertz CT molecular complexity index is 665. The molecule has 7 heteroatoms. The molecule has 0 bridgehead atoms. The van der Waals surface area contributed by atoms with Gasteiger partial charge in [-0.2, -0.15) is 5.26 Å². The molecule has 0 unspecified atom stereocenters. The summed E-state index contributed by atoms with van der Waals surface area (Å²) >= 11 is 5.80. The van der Waals surface area contributed by atoms with Gasteiger partial charge < -0.3 is 14.8 Å². The third-order valence-corrected chi connectivity index (χ3v) is 4.05. The molecule has 1 rings (SSSR count). The molecule has 6 nitrogen and oxygen atoms in total. The van der Waals surface area contributed by atoms with E-state index >= 15 is 0 Å². The quantitative estimate of drug-likeness (QED) is 0.749. The number of benzene rings is 1. The average molecular weight is 367 g/mol. The van der Waals surface area contributed by atoms with E-state index in [1.807, 2.05) is 13.8 Å². The van der Waals surface area contributed by atoms with Crippen LogP contribution < -0.4 is 10.1 Å². The summed E-state index contributed by atoms with van der Waals surface area (Å²) in [5, 5.41) is 12.3. The number of rotatable bonds is 7. The normalized spacial score (nSPS) is 13.5. The maximum absolute atomic E-state index is 12.2. The molecule has 0 saturated heterocycles. The van der Waals surface area contributed by atoms with E-state index in [1.165, 1.54) is 13.8 Å². The molecule has 0 aliphatic rings. The number of carbonyl (C=O) groups excluding carboxylic acids is 2. The molecule has 136 valence electrons. The molecule has 0 saturated carbocycles. The number of hydrogen-bond acceptors (Lipinski definition) is 5. The Morgan fingerprint density at radius 2 is 1.80 bits per heavy atom. The molecule has 1 aromatic carbocycles. The van der Waals surface area contributed by atoms with E-state index in [1.54, 1.807) is 31.2 Å². The van der Waals surface area contributed by atoms with E-state index in [2.05, 4.69) is 11.4 Å². The van der Waals surface area contributed by atoms with Gasteiger partial charge in [0.1, 0.15) is 11.3 Å². The number of carbonyl (C=O) groups is 2. The first-order valence-corrected chi connectivity index (χ1v) is 8.22. The number of nitriles is 1. The van der Waals surface area contributed by atoms with Crippen molar-refractivity contribution >= 4 is 23.5 Å². The second-order valence-electron chi connectivity index (χ2n) is 6.66. The van der Waals surface area contributed by atoms with Crippen LogP contribution in [0, 0.1) is 17.2 Å². The zero-order valence-corrected chi connectivity index (χ0v) is 15.8. The van der Waals surface area contributed by atoms with E-state index in [0.29, 0.717) is 10.8 Å². The lowest BCUT2D eigenvalue weighted by Crippen LogP contribution is -2.50. The molecule has 1 N–H and O–H groups in total. The summed E-state index contributed by atoms with van der Waals surface area (Å²) in [6.07, 6.45) is 0. The number of nitrogens with one attached hydrogen (secondary N) is 1. The highest BCUT2D eigenvalue weighted by Crippen LogP contribution is 2.22.